The van der Waals surface area contributed by atoms with Gasteiger partial charge in [0, 0.05) is 12.4 Å². The summed E-state index contributed by atoms with van der Waals surface area (Å²) < 4.78 is 6.41. The lowest BCUT2D eigenvalue weighted by Gasteiger charge is -2.13. The molecule has 1 unspecified atom stereocenters. The molecule has 0 aliphatic heterocycles. The predicted molar refractivity (Wildman–Crippen MR) is 69.9 cm³/mol. The summed E-state index contributed by atoms with van der Waals surface area (Å²) in [5.41, 5.74) is 0. The highest BCUT2D eigenvalue weighted by Gasteiger charge is 2.11. The van der Waals surface area contributed by atoms with Crippen LogP contribution in [0.1, 0.15) is 31.0 Å². The molecule has 0 aliphatic rings. The van der Waals surface area contributed by atoms with Crippen molar-refractivity contribution in [3.8, 4) is 0 Å². The Hall–Kier alpha value is -0.820. The SMILES string of the molecule is CCC(NCc1ccc(I)o1)c1ncc[nH]1. The first-order chi connectivity index (χ1) is 7.79. The molecule has 2 aromatic rings. The van der Waals surface area contributed by atoms with Crippen molar-refractivity contribution in [2.75, 3.05) is 0 Å². The third kappa shape index (κ3) is 2.85. The number of hydrogen-bond donors (Lipinski definition) is 2. The molecule has 5 heteroatoms. The number of aromatic amines is 1. The molecule has 2 aromatic heterocycles. The molecule has 2 rings (SSSR count). The van der Waals surface area contributed by atoms with Crippen molar-refractivity contribution in [3.63, 3.8) is 0 Å². The van der Waals surface area contributed by atoms with Gasteiger partial charge in [0.25, 0.3) is 0 Å². The molecule has 0 amide bonds. The van der Waals surface area contributed by atoms with E-state index in [9.17, 15) is 0 Å². The second-order valence-electron chi connectivity index (χ2n) is 3.52. The van der Waals surface area contributed by atoms with Crippen LogP contribution in [0.4, 0.5) is 0 Å². The normalized spacial score (nSPS) is 12.9. The molecule has 0 saturated carbocycles. The summed E-state index contributed by atoms with van der Waals surface area (Å²) in [6.45, 7) is 2.86. The summed E-state index contributed by atoms with van der Waals surface area (Å²) in [7, 11) is 0. The molecule has 1 atom stereocenters. The van der Waals surface area contributed by atoms with E-state index in [2.05, 4.69) is 44.8 Å². The maximum atomic E-state index is 5.49. The average Bonchev–Trinajstić information content (AvgIpc) is 2.91. The zero-order valence-corrected chi connectivity index (χ0v) is 11.2. The van der Waals surface area contributed by atoms with Crippen molar-refractivity contribution in [2.45, 2.75) is 25.9 Å². The lowest BCUT2D eigenvalue weighted by Crippen LogP contribution is -2.21. The Morgan fingerprint density at radius 2 is 2.44 bits per heavy atom. The Morgan fingerprint density at radius 3 is 3.00 bits per heavy atom. The van der Waals surface area contributed by atoms with E-state index in [1.165, 1.54) is 0 Å². The lowest BCUT2D eigenvalue weighted by molar-refractivity contribution is 0.424. The molecule has 0 spiro atoms. The minimum Gasteiger partial charge on any atom is -0.454 e. The fourth-order valence-electron chi connectivity index (χ4n) is 1.57. The van der Waals surface area contributed by atoms with Crippen LogP contribution in [0.3, 0.4) is 0 Å². The van der Waals surface area contributed by atoms with E-state index in [1.807, 2.05) is 18.3 Å². The Balaban J connectivity index is 1.93. The largest absolute Gasteiger partial charge is 0.454 e. The Bertz CT molecular complexity index is 424. The predicted octanol–water partition coefficient (Wildman–Crippen LogP) is 2.85. The summed E-state index contributed by atoms with van der Waals surface area (Å²) >= 11 is 2.16. The van der Waals surface area contributed by atoms with Gasteiger partial charge in [-0.15, -0.1) is 0 Å². The molecule has 2 N–H and O–H groups in total. The van der Waals surface area contributed by atoms with Crippen molar-refractivity contribution in [1.29, 1.82) is 0 Å². The van der Waals surface area contributed by atoms with Gasteiger partial charge >= 0.3 is 0 Å². The second-order valence-corrected chi connectivity index (χ2v) is 4.59. The van der Waals surface area contributed by atoms with Gasteiger partial charge in [-0.1, -0.05) is 6.92 Å². The molecule has 0 fully saturated rings. The molecule has 16 heavy (non-hydrogen) atoms. The number of furan rings is 1. The number of aromatic nitrogens is 2. The van der Waals surface area contributed by atoms with Crippen LogP contribution in [0.25, 0.3) is 0 Å². The molecular weight excluding hydrogens is 317 g/mol. The summed E-state index contributed by atoms with van der Waals surface area (Å²) in [5, 5.41) is 3.41. The van der Waals surface area contributed by atoms with Crippen molar-refractivity contribution in [2.24, 2.45) is 0 Å². The lowest BCUT2D eigenvalue weighted by atomic mass is 10.2. The van der Waals surface area contributed by atoms with Crippen LogP contribution in [0.15, 0.2) is 28.9 Å². The van der Waals surface area contributed by atoms with Gasteiger partial charge in [0.1, 0.15) is 11.6 Å². The van der Waals surface area contributed by atoms with Gasteiger partial charge in [0.2, 0.25) is 0 Å². The molecule has 0 radical (unpaired) electrons. The van der Waals surface area contributed by atoms with Crippen molar-refractivity contribution in [3.05, 3.63) is 39.9 Å². The third-order valence-electron chi connectivity index (χ3n) is 2.41. The highest BCUT2D eigenvalue weighted by Crippen LogP contribution is 2.14. The molecule has 4 nitrogen and oxygen atoms in total. The first kappa shape index (κ1) is 11.7. The first-order valence-corrected chi connectivity index (χ1v) is 6.34. The minimum atomic E-state index is 0.248. The van der Waals surface area contributed by atoms with Gasteiger partial charge in [-0.25, -0.2) is 4.98 Å². The number of imidazole rings is 1. The third-order valence-corrected chi connectivity index (χ3v) is 2.99. The number of nitrogens with one attached hydrogen (secondary N) is 2. The maximum absolute atomic E-state index is 5.49. The van der Waals surface area contributed by atoms with E-state index in [4.69, 9.17) is 4.42 Å². The van der Waals surface area contributed by atoms with Crippen LogP contribution in [0.5, 0.6) is 0 Å². The quantitative estimate of drug-likeness (QED) is 0.829. The summed E-state index contributed by atoms with van der Waals surface area (Å²) in [6, 6.07) is 4.20. The van der Waals surface area contributed by atoms with Crippen LogP contribution < -0.4 is 5.32 Å². The van der Waals surface area contributed by atoms with E-state index < -0.39 is 0 Å². The van der Waals surface area contributed by atoms with Crippen LogP contribution in [0, 0.1) is 3.77 Å². The summed E-state index contributed by atoms with van der Waals surface area (Å²) in [5.74, 6) is 1.93. The van der Waals surface area contributed by atoms with E-state index in [1.54, 1.807) is 6.20 Å². The number of H-pyrrole nitrogens is 1. The van der Waals surface area contributed by atoms with E-state index in [-0.39, 0.29) is 6.04 Å². The van der Waals surface area contributed by atoms with Crippen LogP contribution in [-0.4, -0.2) is 9.97 Å². The molecular formula is C11H14IN3O. The van der Waals surface area contributed by atoms with Gasteiger partial charge in [-0.2, -0.15) is 0 Å². The molecule has 0 aliphatic carbocycles. The number of halogens is 1. The van der Waals surface area contributed by atoms with Crippen LogP contribution >= 0.6 is 22.6 Å². The molecule has 0 aromatic carbocycles. The second kappa shape index (κ2) is 5.49. The van der Waals surface area contributed by atoms with Crippen molar-refractivity contribution in [1.82, 2.24) is 15.3 Å². The Labute approximate surface area is 108 Å². The van der Waals surface area contributed by atoms with Crippen LogP contribution in [0.2, 0.25) is 0 Å². The monoisotopic (exact) mass is 331 g/mol. The van der Waals surface area contributed by atoms with Crippen molar-refractivity contribution >= 4 is 22.6 Å². The summed E-state index contributed by atoms with van der Waals surface area (Å²) in [4.78, 5) is 7.38. The molecule has 86 valence electrons. The van der Waals surface area contributed by atoms with Crippen LogP contribution in [-0.2, 0) is 6.54 Å². The fourth-order valence-corrected chi connectivity index (χ4v) is 2.04. The number of nitrogens with zero attached hydrogens (tertiary/aromatic N) is 1. The number of rotatable bonds is 5. The van der Waals surface area contributed by atoms with Gasteiger partial charge in [0.15, 0.2) is 3.77 Å². The molecule has 0 bridgehead atoms. The topological polar surface area (TPSA) is 53.9 Å². The highest BCUT2D eigenvalue weighted by molar-refractivity contribution is 14.1. The standard InChI is InChI=1S/C11H14IN3O/c1-2-9(11-13-5-6-14-11)15-7-8-3-4-10(12)16-8/h3-6,9,15H,2,7H2,1H3,(H,13,14). The van der Waals surface area contributed by atoms with Gasteiger partial charge in [-0.05, 0) is 41.1 Å². The average molecular weight is 331 g/mol. The van der Waals surface area contributed by atoms with E-state index >= 15 is 0 Å². The smallest absolute Gasteiger partial charge is 0.164 e. The molecule has 2 heterocycles. The Kier molecular flexibility index (Phi) is 4.00. The van der Waals surface area contributed by atoms with Gasteiger partial charge in [0.05, 0.1) is 12.6 Å². The van der Waals surface area contributed by atoms with E-state index in [0.717, 1.165) is 28.3 Å². The highest BCUT2D eigenvalue weighted by atomic mass is 127. The zero-order chi connectivity index (χ0) is 11.4. The zero-order valence-electron chi connectivity index (χ0n) is 9.03. The molecule has 0 saturated heterocycles. The number of hydrogen-bond acceptors (Lipinski definition) is 3. The van der Waals surface area contributed by atoms with E-state index in [0.29, 0.717) is 0 Å². The van der Waals surface area contributed by atoms with Crippen molar-refractivity contribution < 1.29 is 4.42 Å². The summed E-state index contributed by atoms with van der Waals surface area (Å²) in [6.07, 6.45) is 4.61. The first-order valence-electron chi connectivity index (χ1n) is 5.26. The maximum Gasteiger partial charge on any atom is 0.164 e. The minimum absolute atomic E-state index is 0.248. The fraction of sp³-hybridized carbons (Fsp3) is 0.364. The van der Waals surface area contributed by atoms with Gasteiger partial charge < -0.3 is 14.7 Å². The Morgan fingerprint density at radius 1 is 1.56 bits per heavy atom. The van der Waals surface area contributed by atoms with Gasteiger partial charge in [-0.3, -0.25) is 0 Å².